The molecule has 0 bridgehead atoms. The summed E-state index contributed by atoms with van der Waals surface area (Å²) in [5, 5.41) is 19.2. The number of nitrogens with zero attached hydrogens (tertiary/aromatic N) is 3. The normalized spacial score (nSPS) is 10.1. The summed E-state index contributed by atoms with van der Waals surface area (Å²) in [5.41, 5.74) is 0.165. The quantitative estimate of drug-likeness (QED) is 0.880. The van der Waals surface area contributed by atoms with Crippen LogP contribution in [0.4, 0.5) is 5.13 Å². The molecule has 0 fully saturated rings. The summed E-state index contributed by atoms with van der Waals surface area (Å²) in [6.45, 7) is 0. The Labute approximate surface area is 103 Å². The van der Waals surface area contributed by atoms with Gasteiger partial charge in [-0.15, -0.1) is 0 Å². The van der Waals surface area contributed by atoms with E-state index in [1.54, 1.807) is 6.07 Å². The predicted octanol–water partition coefficient (Wildman–Crippen LogP) is 1.65. The number of benzene rings is 1. The number of aromatic hydroxyl groups is 1. The van der Waals surface area contributed by atoms with Gasteiger partial charge in [-0.05, 0) is 23.4 Å². The van der Waals surface area contributed by atoms with Crippen molar-refractivity contribution < 1.29 is 9.90 Å². The Hall–Kier alpha value is -1.54. The van der Waals surface area contributed by atoms with Crippen LogP contribution in [0, 0.1) is 0 Å². The van der Waals surface area contributed by atoms with Gasteiger partial charge in [-0.3, -0.25) is 10.1 Å². The third-order valence-electron chi connectivity index (χ3n) is 1.72. The summed E-state index contributed by atoms with van der Waals surface area (Å²) in [4.78, 5) is 11.7. The molecule has 0 spiro atoms. The lowest BCUT2D eigenvalue weighted by Gasteiger charge is -2.03. The molecule has 0 saturated heterocycles. The first-order valence-corrected chi connectivity index (χ1v) is 5.68. The van der Waals surface area contributed by atoms with Gasteiger partial charge in [0, 0.05) is 16.0 Å². The lowest BCUT2D eigenvalue weighted by molar-refractivity contribution is 0.102. The van der Waals surface area contributed by atoms with Crippen LogP contribution < -0.4 is 5.32 Å². The zero-order valence-electron chi connectivity index (χ0n) is 7.72. The molecule has 1 heterocycles. The zero-order valence-corrected chi connectivity index (χ0v) is 10.1. The molecule has 1 amide bonds. The van der Waals surface area contributed by atoms with E-state index in [9.17, 15) is 9.90 Å². The maximum Gasteiger partial charge on any atom is 0.261 e. The second-order valence-electron chi connectivity index (χ2n) is 2.78. The van der Waals surface area contributed by atoms with Crippen LogP contribution in [0.15, 0.2) is 22.7 Å². The minimum absolute atomic E-state index is 0.107. The van der Waals surface area contributed by atoms with Crippen LogP contribution in [-0.2, 0) is 0 Å². The summed E-state index contributed by atoms with van der Waals surface area (Å²) >= 11 is 4.14. The van der Waals surface area contributed by atoms with Crippen molar-refractivity contribution in [1.82, 2.24) is 14.8 Å². The highest BCUT2D eigenvalue weighted by Crippen LogP contribution is 2.23. The van der Waals surface area contributed by atoms with Crippen molar-refractivity contribution in [2.75, 3.05) is 5.32 Å². The molecule has 16 heavy (non-hydrogen) atoms. The number of hydrogen-bond donors (Lipinski definition) is 2. The maximum absolute atomic E-state index is 11.7. The van der Waals surface area contributed by atoms with Gasteiger partial charge in [0.05, 0.1) is 5.56 Å². The van der Waals surface area contributed by atoms with E-state index in [-0.39, 0.29) is 16.4 Å². The minimum atomic E-state index is -0.455. The maximum atomic E-state index is 11.7. The van der Waals surface area contributed by atoms with Crippen LogP contribution in [0.25, 0.3) is 0 Å². The Balaban J connectivity index is 2.21. The third-order valence-corrected chi connectivity index (χ3v) is 2.73. The number of phenolic OH excluding ortho intramolecular Hbond substituents is 1. The van der Waals surface area contributed by atoms with Gasteiger partial charge in [-0.2, -0.15) is 0 Å². The molecule has 0 saturated carbocycles. The highest BCUT2D eigenvalue weighted by atomic mass is 79.9. The highest BCUT2D eigenvalue weighted by molar-refractivity contribution is 9.10. The molecule has 2 rings (SSSR count). The fourth-order valence-corrected chi connectivity index (χ4v) is 1.75. The van der Waals surface area contributed by atoms with Crippen LogP contribution in [0.5, 0.6) is 5.75 Å². The second-order valence-corrected chi connectivity index (χ2v) is 4.43. The van der Waals surface area contributed by atoms with E-state index in [4.69, 9.17) is 0 Å². The highest BCUT2D eigenvalue weighted by Gasteiger charge is 2.12. The Morgan fingerprint density at radius 1 is 1.50 bits per heavy atom. The Morgan fingerprint density at radius 3 is 2.94 bits per heavy atom. The molecule has 0 aliphatic carbocycles. The second kappa shape index (κ2) is 4.54. The van der Waals surface area contributed by atoms with E-state index in [2.05, 4.69) is 36.0 Å². The number of hydrogen-bond acceptors (Lipinski definition) is 6. The Bertz CT molecular complexity index is 517. The van der Waals surface area contributed by atoms with E-state index in [0.717, 1.165) is 11.5 Å². The van der Waals surface area contributed by atoms with Crippen LogP contribution in [0.1, 0.15) is 10.4 Å². The number of rotatable bonds is 2. The predicted molar refractivity (Wildman–Crippen MR) is 61.5 cm³/mol. The van der Waals surface area contributed by atoms with Crippen molar-refractivity contribution in [3.05, 3.63) is 28.2 Å². The average molecular weight is 301 g/mol. The van der Waals surface area contributed by atoms with Gasteiger partial charge in [0.1, 0.15) is 5.75 Å². The van der Waals surface area contributed by atoms with Crippen molar-refractivity contribution in [2.45, 2.75) is 0 Å². The summed E-state index contributed by atoms with van der Waals surface area (Å²) in [7, 11) is 0. The van der Waals surface area contributed by atoms with Gasteiger partial charge in [0.15, 0.2) is 0 Å². The van der Waals surface area contributed by atoms with Gasteiger partial charge in [0.25, 0.3) is 5.91 Å². The van der Waals surface area contributed by atoms with Gasteiger partial charge < -0.3 is 5.11 Å². The first-order chi connectivity index (χ1) is 7.66. The first kappa shape index (κ1) is 11.0. The van der Waals surface area contributed by atoms with Crippen LogP contribution >= 0.6 is 27.5 Å². The topological polar surface area (TPSA) is 88.0 Å². The summed E-state index contributed by atoms with van der Waals surface area (Å²) in [5.74, 6) is -0.562. The zero-order chi connectivity index (χ0) is 11.5. The smallest absolute Gasteiger partial charge is 0.261 e. The molecule has 0 unspecified atom stereocenters. The molecule has 1 aromatic heterocycles. The van der Waals surface area contributed by atoms with Gasteiger partial charge >= 0.3 is 0 Å². The van der Waals surface area contributed by atoms with Gasteiger partial charge in [-0.25, -0.2) is 0 Å². The molecule has 0 aliphatic rings. The number of anilines is 1. The SMILES string of the molecule is O=C(Nc1nnns1)c1ccc(Br)cc1O. The third kappa shape index (κ3) is 2.34. The summed E-state index contributed by atoms with van der Waals surface area (Å²) < 4.78 is 4.19. The molecule has 1 aromatic carbocycles. The number of amides is 1. The van der Waals surface area contributed by atoms with E-state index in [1.807, 2.05) is 0 Å². The van der Waals surface area contributed by atoms with E-state index >= 15 is 0 Å². The number of halogens is 1. The first-order valence-electron chi connectivity index (χ1n) is 4.12. The average Bonchev–Trinajstić information content (AvgIpc) is 2.70. The van der Waals surface area contributed by atoms with Crippen molar-refractivity contribution in [1.29, 1.82) is 0 Å². The van der Waals surface area contributed by atoms with Crippen LogP contribution in [0.3, 0.4) is 0 Å². The number of nitrogens with one attached hydrogen (secondary N) is 1. The van der Waals surface area contributed by atoms with E-state index in [1.165, 1.54) is 12.1 Å². The molecule has 0 radical (unpaired) electrons. The molecule has 8 heteroatoms. The Morgan fingerprint density at radius 2 is 2.31 bits per heavy atom. The molecule has 0 aliphatic heterocycles. The molecule has 2 N–H and O–H groups in total. The molecule has 2 aromatic rings. The summed E-state index contributed by atoms with van der Waals surface area (Å²) in [6, 6.07) is 4.60. The summed E-state index contributed by atoms with van der Waals surface area (Å²) in [6.07, 6.45) is 0. The lowest BCUT2D eigenvalue weighted by atomic mass is 10.2. The molecular weight excluding hydrogens is 296 g/mol. The largest absolute Gasteiger partial charge is 0.507 e. The number of carbonyl (C=O) groups excluding carboxylic acids is 1. The molecule has 0 atom stereocenters. The number of phenols is 1. The van der Waals surface area contributed by atoms with Gasteiger partial charge in [0.2, 0.25) is 5.13 Å². The molecule has 82 valence electrons. The van der Waals surface area contributed by atoms with Crippen LogP contribution in [-0.4, -0.2) is 25.8 Å². The number of carbonyl (C=O) groups is 1. The van der Waals surface area contributed by atoms with Crippen molar-refractivity contribution in [2.24, 2.45) is 0 Å². The fraction of sp³-hybridized carbons (Fsp3) is 0. The van der Waals surface area contributed by atoms with Crippen LogP contribution in [0.2, 0.25) is 0 Å². The Kier molecular flexibility index (Phi) is 3.11. The molecular formula is C8H5BrN4O2S. The van der Waals surface area contributed by atoms with Crippen molar-refractivity contribution in [3.63, 3.8) is 0 Å². The number of aromatic nitrogens is 3. The van der Waals surface area contributed by atoms with Crippen molar-refractivity contribution >= 4 is 38.5 Å². The van der Waals surface area contributed by atoms with E-state index < -0.39 is 5.91 Å². The van der Waals surface area contributed by atoms with Gasteiger partial charge in [-0.1, -0.05) is 25.5 Å². The monoisotopic (exact) mass is 300 g/mol. The molecule has 6 nitrogen and oxygen atoms in total. The van der Waals surface area contributed by atoms with Crippen molar-refractivity contribution in [3.8, 4) is 5.75 Å². The standard InChI is InChI=1S/C8H5BrN4O2S/c9-4-1-2-5(6(14)3-4)7(15)10-8-11-12-13-16-8/h1-3,14H,(H,10,11,13,15). The van der Waals surface area contributed by atoms with E-state index in [0.29, 0.717) is 4.47 Å². The lowest BCUT2D eigenvalue weighted by Crippen LogP contribution is -2.11. The fourth-order valence-electron chi connectivity index (χ4n) is 1.04. The minimum Gasteiger partial charge on any atom is -0.507 e.